The van der Waals surface area contributed by atoms with Crippen molar-refractivity contribution in [3.8, 4) is 0 Å². The molecule has 234 valence electrons. The molecule has 4 aliphatic rings. The average molecular weight is 621 g/mol. The predicted molar refractivity (Wildman–Crippen MR) is 153 cm³/mol. The molecule has 2 saturated carbocycles. The summed E-state index contributed by atoms with van der Waals surface area (Å²) in [5, 5.41) is 12.9. The van der Waals surface area contributed by atoms with Gasteiger partial charge in [0.15, 0.2) is 23.7 Å². The fraction of sp³-hybridized carbons (Fsp3) is 0.613. The van der Waals surface area contributed by atoms with Crippen molar-refractivity contribution in [3.63, 3.8) is 0 Å². The van der Waals surface area contributed by atoms with Gasteiger partial charge in [-0.3, -0.25) is 19.2 Å². The van der Waals surface area contributed by atoms with Gasteiger partial charge < -0.3 is 24.1 Å². The Morgan fingerprint density at radius 2 is 1.81 bits per heavy atom. The number of thiocarbonyl (C=S) groups is 1. The van der Waals surface area contributed by atoms with Crippen LogP contribution in [-0.4, -0.2) is 70.7 Å². The largest absolute Gasteiger partial charge is 0.514 e. The number of rotatable bonds is 9. The Hall–Kier alpha value is -3.25. The van der Waals surface area contributed by atoms with E-state index >= 15 is 4.39 Å². The van der Waals surface area contributed by atoms with Crippen LogP contribution in [0.1, 0.15) is 60.3 Å². The molecular weight excluding hydrogens is 583 g/mol. The van der Waals surface area contributed by atoms with Gasteiger partial charge in [-0.15, -0.1) is 0 Å². The SMILES string of the molecule is CCC(=O)OCC(=O)[C@]1(OC(=O)CC)[C@@H](C)C[C@H]2[C@@H]3C=C(OC(=O)OCC=S)C4=CC(=O)C=C[C@]4(C)[C@@]3(F)[C@@H](O)C[C@@]21C. The number of carbonyl (C=O) groups excluding carboxylic acids is 5. The van der Waals surface area contributed by atoms with Gasteiger partial charge in [-0.2, -0.15) is 0 Å². The molecule has 0 aromatic carbocycles. The Kier molecular flexibility index (Phi) is 8.87. The number of halogens is 1. The number of ether oxygens (including phenoxy) is 4. The Bertz CT molecular complexity index is 1340. The van der Waals surface area contributed by atoms with Crippen LogP contribution in [0.5, 0.6) is 0 Å². The van der Waals surface area contributed by atoms with Crippen molar-refractivity contribution in [2.75, 3.05) is 13.2 Å². The number of Topliss-reactive ketones (excluding diaryl/α,β-unsaturated/α-hetero) is 1. The number of fused-ring (bicyclic) bond motifs is 5. The maximum Gasteiger partial charge on any atom is 0.514 e. The first-order chi connectivity index (χ1) is 20.2. The third-order valence-electron chi connectivity index (χ3n) is 9.90. The molecule has 1 N–H and O–H groups in total. The van der Waals surface area contributed by atoms with Crippen LogP contribution in [0.25, 0.3) is 0 Å². The Labute approximate surface area is 254 Å². The first-order valence-corrected chi connectivity index (χ1v) is 14.9. The van der Waals surface area contributed by atoms with Gasteiger partial charge in [-0.05, 0) is 43.9 Å². The normalized spacial score (nSPS) is 37.5. The summed E-state index contributed by atoms with van der Waals surface area (Å²) in [6.45, 7) is 7.14. The van der Waals surface area contributed by atoms with Crippen molar-refractivity contribution < 1.29 is 52.4 Å². The van der Waals surface area contributed by atoms with Crippen molar-refractivity contribution in [2.45, 2.75) is 77.7 Å². The molecule has 43 heavy (non-hydrogen) atoms. The van der Waals surface area contributed by atoms with Crippen LogP contribution in [0.2, 0.25) is 0 Å². The van der Waals surface area contributed by atoms with Gasteiger partial charge in [0.25, 0.3) is 0 Å². The molecule has 10 nitrogen and oxygen atoms in total. The Morgan fingerprint density at radius 3 is 2.44 bits per heavy atom. The van der Waals surface area contributed by atoms with Crippen molar-refractivity contribution in [1.29, 1.82) is 0 Å². The Balaban J connectivity index is 1.89. The molecule has 0 spiro atoms. The quantitative estimate of drug-likeness (QED) is 0.226. The van der Waals surface area contributed by atoms with Crippen LogP contribution in [0.3, 0.4) is 0 Å². The maximum absolute atomic E-state index is 17.8. The second kappa shape index (κ2) is 11.7. The first kappa shape index (κ1) is 32.7. The van der Waals surface area contributed by atoms with Gasteiger partial charge in [0, 0.05) is 41.0 Å². The molecule has 0 aromatic rings. The first-order valence-electron chi connectivity index (χ1n) is 14.4. The molecule has 4 rings (SSSR count). The topological polar surface area (TPSA) is 143 Å². The number of hydrogen-bond acceptors (Lipinski definition) is 11. The number of ketones is 2. The molecule has 0 amide bonds. The highest BCUT2D eigenvalue weighted by molar-refractivity contribution is 7.79. The van der Waals surface area contributed by atoms with E-state index in [0.29, 0.717) is 0 Å². The fourth-order valence-electron chi connectivity index (χ4n) is 7.86. The maximum atomic E-state index is 17.8. The number of aliphatic hydroxyl groups is 1. The minimum absolute atomic E-state index is 0.0283. The smallest absolute Gasteiger partial charge is 0.457 e. The zero-order valence-electron chi connectivity index (χ0n) is 24.8. The van der Waals surface area contributed by atoms with Crippen LogP contribution >= 0.6 is 12.2 Å². The summed E-state index contributed by atoms with van der Waals surface area (Å²) < 4.78 is 39.4. The lowest BCUT2D eigenvalue weighted by atomic mass is 9.46. The fourth-order valence-corrected chi connectivity index (χ4v) is 7.93. The summed E-state index contributed by atoms with van der Waals surface area (Å²) in [6, 6.07) is 0. The molecule has 2 fully saturated rings. The molecule has 0 saturated heterocycles. The third-order valence-corrected chi connectivity index (χ3v) is 10.0. The van der Waals surface area contributed by atoms with E-state index in [-0.39, 0.29) is 43.6 Å². The van der Waals surface area contributed by atoms with Crippen LogP contribution < -0.4 is 0 Å². The second-order valence-electron chi connectivity index (χ2n) is 12.0. The number of alkyl halides is 1. The Morgan fingerprint density at radius 1 is 1.14 bits per heavy atom. The summed E-state index contributed by atoms with van der Waals surface area (Å²) >= 11 is 4.69. The van der Waals surface area contributed by atoms with Gasteiger partial charge >= 0.3 is 18.1 Å². The highest BCUT2D eigenvalue weighted by atomic mass is 32.1. The minimum Gasteiger partial charge on any atom is -0.457 e. The molecule has 0 unspecified atom stereocenters. The highest BCUT2D eigenvalue weighted by Crippen LogP contribution is 2.71. The summed E-state index contributed by atoms with van der Waals surface area (Å²) in [4.78, 5) is 63.7. The third kappa shape index (κ3) is 4.86. The van der Waals surface area contributed by atoms with E-state index in [9.17, 15) is 29.1 Å². The number of allylic oxidation sites excluding steroid dienone is 5. The minimum atomic E-state index is -2.42. The van der Waals surface area contributed by atoms with Crippen molar-refractivity contribution >= 4 is 47.2 Å². The van der Waals surface area contributed by atoms with Gasteiger partial charge in [-0.1, -0.05) is 46.0 Å². The molecule has 0 aromatic heterocycles. The van der Waals surface area contributed by atoms with Gasteiger partial charge in [0.05, 0.1) is 11.5 Å². The summed E-state index contributed by atoms with van der Waals surface area (Å²) in [5.41, 5.74) is -7.19. The number of esters is 2. The number of carbonyl (C=O) groups is 5. The number of hydrogen-bond donors (Lipinski definition) is 1. The lowest BCUT2D eigenvalue weighted by molar-refractivity contribution is -0.219. The standard InChI is InChI=1S/C31H37FO10S/c1-6-25(36)40-16-24(35)31(42-26(37)7-2)17(3)12-19-20-14-22(41-27(38)39-10-11-43)21-13-18(33)8-9-28(21,4)30(20,32)23(34)15-29(19,31)5/h8-9,11,13-14,17,19-20,23,34H,6-7,10,12,15-16H2,1-5H3/t17-,19-,20-,23-,28-,29-,30-,31+/m0/s1. The van der Waals surface area contributed by atoms with E-state index in [0.717, 1.165) is 6.08 Å². The van der Waals surface area contributed by atoms with E-state index in [1.165, 1.54) is 30.5 Å². The van der Waals surface area contributed by atoms with Crippen molar-refractivity contribution in [3.05, 3.63) is 35.6 Å². The molecule has 0 radical (unpaired) electrons. The molecule has 8 atom stereocenters. The van der Waals surface area contributed by atoms with Crippen LogP contribution in [0, 0.1) is 28.6 Å². The van der Waals surface area contributed by atoms with E-state index < -0.39 is 82.2 Å². The van der Waals surface area contributed by atoms with Crippen molar-refractivity contribution in [1.82, 2.24) is 0 Å². The zero-order valence-corrected chi connectivity index (χ0v) is 25.7. The second-order valence-corrected chi connectivity index (χ2v) is 12.4. The molecule has 12 heteroatoms. The summed E-state index contributed by atoms with van der Waals surface area (Å²) in [7, 11) is 0. The predicted octanol–water partition coefficient (Wildman–Crippen LogP) is 4.07. The summed E-state index contributed by atoms with van der Waals surface area (Å²) in [6.07, 6.45) is 2.10. The van der Waals surface area contributed by atoms with Crippen LogP contribution in [0.15, 0.2) is 35.6 Å². The van der Waals surface area contributed by atoms with Crippen molar-refractivity contribution in [2.24, 2.45) is 28.6 Å². The lowest BCUT2D eigenvalue weighted by Crippen LogP contribution is -2.69. The van der Waals surface area contributed by atoms with E-state index in [1.54, 1.807) is 27.7 Å². The lowest BCUT2D eigenvalue weighted by Gasteiger charge is -2.61. The molecule has 0 heterocycles. The number of aliphatic hydroxyl groups excluding tert-OH is 1. The van der Waals surface area contributed by atoms with Crippen LogP contribution in [0.4, 0.5) is 9.18 Å². The van der Waals surface area contributed by atoms with E-state index in [4.69, 9.17) is 31.2 Å². The van der Waals surface area contributed by atoms with Gasteiger partial charge in [0.2, 0.25) is 5.78 Å². The molecule has 0 bridgehead atoms. The van der Waals surface area contributed by atoms with Gasteiger partial charge in [0.1, 0.15) is 12.4 Å². The monoisotopic (exact) mass is 620 g/mol. The van der Waals surface area contributed by atoms with E-state index in [2.05, 4.69) is 0 Å². The summed E-state index contributed by atoms with van der Waals surface area (Å²) in [5.74, 6) is -5.11. The molecule has 4 aliphatic carbocycles. The van der Waals surface area contributed by atoms with Crippen LogP contribution in [-0.2, 0) is 38.1 Å². The van der Waals surface area contributed by atoms with Gasteiger partial charge in [-0.25, -0.2) is 9.18 Å². The highest BCUT2D eigenvalue weighted by Gasteiger charge is 2.77. The zero-order chi connectivity index (χ0) is 32.0. The molecular formula is C31H37FO10S. The van der Waals surface area contributed by atoms with E-state index in [1.807, 2.05) is 0 Å². The molecule has 0 aliphatic heterocycles. The average Bonchev–Trinajstić information content (AvgIpc) is 3.18.